The summed E-state index contributed by atoms with van der Waals surface area (Å²) in [5.74, 6) is 1.17. The highest BCUT2D eigenvalue weighted by molar-refractivity contribution is 6.23. The molecule has 262 valence electrons. The van der Waals surface area contributed by atoms with Crippen LogP contribution in [0.5, 0.6) is 0 Å². The minimum Gasteiger partial charge on any atom is -0.307 e. The Morgan fingerprint density at radius 3 is 1.52 bits per heavy atom. The van der Waals surface area contributed by atoms with E-state index in [1.807, 2.05) is 138 Å². The van der Waals surface area contributed by atoms with Crippen LogP contribution in [0.15, 0.2) is 200 Å². The average molecular weight is 725 g/mol. The molecule has 11 aromatic rings. The first-order valence-corrected chi connectivity index (χ1v) is 18.1. The third kappa shape index (κ3) is 5.21. The topological polar surface area (TPSA) is 48.5 Å². The standard InChI is InChI=1S/C51H33N5/c1-4-15-34(16-5-1)36-27-29-38(30-28-36)50-52-49(37-19-8-3-9-20-37)53-51(54-50)56-46-26-13-11-24-42(46)44-32-31-43-41-23-10-12-25-45(41)55(47(43)48(44)56)40-22-14-21-39(33-40)35-17-6-2-7-18-35/h1-33H/i2D,6D,7D,14D,17D,18D,21D,22D,33D. The molecule has 0 N–H and O–H groups in total. The van der Waals surface area contributed by atoms with Gasteiger partial charge in [-0.3, -0.25) is 4.57 Å². The first kappa shape index (κ1) is 23.9. The van der Waals surface area contributed by atoms with Crippen LogP contribution < -0.4 is 0 Å². The fraction of sp³-hybridized carbons (Fsp3) is 0. The van der Waals surface area contributed by atoms with Crippen molar-refractivity contribution in [3.05, 3.63) is 200 Å². The summed E-state index contributed by atoms with van der Waals surface area (Å²) in [6.45, 7) is 0. The second-order valence-electron chi connectivity index (χ2n) is 13.4. The summed E-state index contributed by atoms with van der Waals surface area (Å²) in [4.78, 5) is 15.4. The first-order valence-electron chi connectivity index (χ1n) is 22.6. The van der Waals surface area contributed by atoms with E-state index in [4.69, 9.17) is 24.5 Å². The second kappa shape index (κ2) is 13.0. The highest BCUT2D eigenvalue weighted by Crippen LogP contribution is 2.42. The van der Waals surface area contributed by atoms with Crippen LogP contribution in [0.25, 0.3) is 100 Å². The normalized spacial score (nSPS) is 13.8. The van der Waals surface area contributed by atoms with Crippen molar-refractivity contribution in [1.29, 1.82) is 0 Å². The van der Waals surface area contributed by atoms with Crippen molar-refractivity contribution in [2.75, 3.05) is 0 Å². The molecule has 0 bridgehead atoms. The number of para-hydroxylation sites is 2. The van der Waals surface area contributed by atoms with Gasteiger partial charge in [0.05, 0.1) is 34.4 Å². The maximum absolute atomic E-state index is 9.81. The van der Waals surface area contributed by atoms with Gasteiger partial charge in [-0.25, -0.2) is 4.98 Å². The van der Waals surface area contributed by atoms with Gasteiger partial charge in [-0.1, -0.05) is 176 Å². The van der Waals surface area contributed by atoms with Gasteiger partial charge < -0.3 is 4.57 Å². The zero-order chi connectivity index (χ0) is 44.8. The van der Waals surface area contributed by atoms with Gasteiger partial charge in [0.25, 0.3) is 0 Å². The third-order valence-corrected chi connectivity index (χ3v) is 10.2. The van der Waals surface area contributed by atoms with Crippen LogP contribution in [0.2, 0.25) is 0 Å². The van der Waals surface area contributed by atoms with E-state index in [9.17, 15) is 2.74 Å². The summed E-state index contributed by atoms with van der Waals surface area (Å²) >= 11 is 0. The molecule has 11 rings (SSSR count). The minimum absolute atomic E-state index is 0.0943. The smallest absolute Gasteiger partial charge is 0.238 e. The Hall–Kier alpha value is -7.63. The maximum atomic E-state index is 9.81. The molecule has 0 unspecified atom stereocenters. The van der Waals surface area contributed by atoms with Crippen LogP contribution in [0.1, 0.15) is 12.3 Å². The lowest BCUT2D eigenvalue weighted by molar-refractivity contribution is 0.953. The van der Waals surface area contributed by atoms with Crippen LogP contribution in [0, 0.1) is 0 Å². The molecule has 0 aliphatic heterocycles. The predicted octanol–water partition coefficient (Wildman–Crippen LogP) is 12.7. The summed E-state index contributed by atoms with van der Waals surface area (Å²) < 4.78 is 83.8. The van der Waals surface area contributed by atoms with E-state index in [1.54, 1.807) is 4.57 Å². The Morgan fingerprint density at radius 2 is 0.857 bits per heavy atom. The monoisotopic (exact) mass is 724 g/mol. The molecule has 0 amide bonds. The van der Waals surface area contributed by atoms with Crippen molar-refractivity contribution in [2.24, 2.45) is 0 Å². The molecular weight excluding hydrogens is 683 g/mol. The SMILES string of the molecule is [2H]c1c([2H])c([2H])c(-c2c([2H])c([2H])c([2H])c(-n3c4ccccc4c4ccc5c6ccccc6n(-c6nc(-c7ccccc7)nc(-c7ccc(-c8ccccc8)cc7)n6)c5c43)c2[2H])c([2H])c1[2H]. The van der Waals surface area contributed by atoms with E-state index in [-0.39, 0.29) is 16.8 Å². The molecule has 0 aliphatic rings. The quantitative estimate of drug-likeness (QED) is 0.172. The van der Waals surface area contributed by atoms with Crippen LogP contribution in [-0.2, 0) is 0 Å². The van der Waals surface area contributed by atoms with Gasteiger partial charge in [0.1, 0.15) is 0 Å². The maximum Gasteiger partial charge on any atom is 0.238 e. The summed E-state index contributed by atoms with van der Waals surface area (Å²) in [5, 5.41) is 3.19. The number of nitrogens with zero attached hydrogens (tertiary/aromatic N) is 5. The summed E-state index contributed by atoms with van der Waals surface area (Å²) in [6, 6.07) is 42.1. The van der Waals surface area contributed by atoms with Gasteiger partial charge in [-0.05, 0) is 46.5 Å². The Balaban J connectivity index is 1.27. The molecule has 0 saturated carbocycles. The highest BCUT2D eigenvalue weighted by Gasteiger charge is 2.23. The molecule has 0 radical (unpaired) electrons. The van der Waals surface area contributed by atoms with E-state index in [0.717, 1.165) is 49.3 Å². The van der Waals surface area contributed by atoms with Gasteiger partial charge in [-0.15, -0.1) is 0 Å². The van der Waals surface area contributed by atoms with Gasteiger partial charge in [-0.2, -0.15) is 9.97 Å². The van der Waals surface area contributed by atoms with Crippen LogP contribution in [0.4, 0.5) is 0 Å². The number of rotatable bonds is 6. The van der Waals surface area contributed by atoms with E-state index in [2.05, 4.69) is 12.1 Å². The molecule has 5 heteroatoms. The molecule has 0 saturated heterocycles. The number of hydrogen-bond acceptors (Lipinski definition) is 3. The van der Waals surface area contributed by atoms with Crippen molar-refractivity contribution < 1.29 is 12.3 Å². The predicted molar refractivity (Wildman–Crippen MR) is 230 cm³/mol. The molecule has 0 aliphatic carbocycles. The molecule has 3 aromatic heterocycles. The zero-order valence-corrected chi connectivity index (χ0v) is 29.6. The number of fused-ring (bicyclic) bond motifs is 7. The lowest BCUT2D eigenvalue weighted by Gasteiger charge is -2.14. The molecule has 3 heterocycles. The van der Waals surface area contributed by atoms with Crippen LogP contribution in [-0.4, -0.2) is 24.1 Å². The molecule has 0 fully saturated rings. The van der Waals surface area contributed by atoms with Gasteiger partial charge in [0.2, 0.25) is 5.95 Å². The van der Waals surface area contributed by atoms with Gasteiger partial charge in [0, 0.05) is 38.4 Å². The molecule has 8 aromatic carbocycles. The Kier molecular flexibility index (Phi) is 5.57. The van der Waals surface area contributed by atoms with Crippen molar-refractivity contribution in [3.8, 4) is 56.7 Å². The van der Waals surface area contributed by atoms with E-state index in [1.165, 1.54) is 0 Å². The lowest BCUT2D eigenvalue weighted by atomic mass is 10.0. The Bertz CT molecular complexity index is 3730. The number of benzene rings is 8. The highest BCUT2D eigenvalue weighted by atomic mass is 15.2. The Morgan fingerprint density at radius 1 is 0.357 bits per heavy atom. The van der Waals surface area contributed by atoms with Crippen molar-refractivity contribution in [1.82, 2.24) is 24.1 Å². The van der Waals surface area contributed by atoms with E-state index >= 15 is 0 Å². The second-order valence-corrected chi connectivity index (χ2v) is 13.4. The number of hydrogen-bond donors (Lipinski definition) is 0. The summed E-state index contributed by atoms with van der Waals surface area (Å²) in [7, 11) is 0. The average Bonchev–Trinajstić information content (AvgIpc) is 3.86. The van der Waals surface area contributed by atoms with Gasteiger partial charge >= 0.3 is 0 Å². The molecular formula is C51H33N5. The molecule has 0 spiro atoms. The van der Waals surface area contributed by atoms with Crippen LogP contribution >= 0.6 is 0 Å². The zero-order valence-electron chi connectivity index (χ0n) is 38.6. The number of aromatic nitrogens is 5. The van der Waals surface area contributed by atoms with E-state index in [0.29, 0.717) is 34.1 Å². The third-order valence-electron chi connectivity index (χ3n) is 10.2. The summed E-state index contributed by atoms with van der Waals surface area (Å²) in [6.07, 6.45) is 0. The van der Waals surface area contributed by atoms with Gasteiger partial charge in [0.15, 0.2) is 11.6 Å². The van der Waals surface area contributed by atoms with Crippen LogP contribution in [0.3, 0.4) is 0 Å². The van der Waals surface area contributed by atoms with E-state index < -0.39 is 54.4 Å². The molecule has 56 heavy (non-hydrogen) atoms. The van der Waals surface area contributed by atoms with Crippen molar-refractivity contribution >= 4 is 43.6 Å². The minimum atomic E-state index is -0.635. The first-order chi connectivity index (χ1) is 31.5. The van der Waals surface area contributed by atoms with Crippen molar-refractivity contribution in [3.63, 3.8) is 0 Å². The largest absolute Gasteiger partial charge is 0.307 e. The molecule has 5 nitrogen and oxygen atoms in total. The van der Waals surface area contributed by atoms with Crippen molar-refractivity contribution in [2.45, 2.75) is 0 Å². The fourth-order valence-corrected chi connectivity index (χ4v) is 7.64. The Labute approximate surface area is 336 Å². The summed E-state index contributed by atoms with van der Waals surface area (Å²) in [5.41, 5.74) is 5.34. The molecule has 0 atom stereocenters. The fourth-order valence-electron chi connectivity index (χ4n) is 7.64. The lowest BCUT2D eigenvalue weighted by Crippen LogP contribution is -2.07.